The lowest BCUT2D eigenvalue weighted by molar-refractivity contribution is -0.132. The van der Waals surface area contributed by atoms with E-state index in [1.54, 1.807) is 13.0 Å². The molecule has 2 saturated carbocycles. The minimum Gasteiger partial charge on any atom is -0.336 e. The molecule has 1 aromatic carbocycles. The van der Waals surface area contributed by atoms with E-state index in [1.165, 1.54) is 0 Å². The van der Waals surface area contributed by atoms with Crippen molar-refractivity contribution >= 4 is 29.1 Å². The molecule has 1 aromatic rings. The van der Waals surface area contributed by atoms with Crippen LogP contribution in [0.3, 0.4) is 0 Å². The standard InChI is InChI=1S/C21H30ClN3O2/c1-14(26)25(19-9-6-17(23)7-10-19)13-16-12-18(8-11-20(16)22)24-21(27)15-4-2-3-5-15/h8,11-12,15,17,19H,2-7,9-10,13,23H2,1H3,(H,24,27). The van der Waals surface area contributed by atoms with Crippen LogP contribution >= 0.6 is 11.6 Å². The summed E-state index contributed by atoms with van der Waals surface area (Å²) in [5.74, 6) is 0.252. The predicted octanol–water partition coefficient (Wildman–Crippen LogP) is 4.09. The van der Waals surface area contributed by atoms with Crippen LogP contribution in [-0.4, -0.2) is 28.8 Å². The number of nitrogens with one attached hydrogen (secondary N) is 1. The van der Waals surface area contributed by atoms with Crippen LogP contribution in [-0.2, 0) is 16.1 Å². The lowest BCUT2D eigenvalue weighted by Crippen LogP contribution is -2.42. The summed E-state index contributed by atoms with van der Waals surface area (Å²) in [5, 5.41) is 3.64. The van der Waals surface area contributed by atoms with Crippen LogP contribution in [0.25, 0.3) is 0 Å². The summed E-state index contributed by atoms with van der Waals surface area (Å²) in [4.78, 5) is 26.6. The Morgan fingerprint density at radius 2 is 1.81 bits per heavy atom. The largest absolute Gasteiger partial charge is 0.336 e. The summed E-state index contributed by atoms with van der Waals surface area (Å²) in [6.45, 7) is 2.06. The first-order chi connectivity index (χ1) is 12.9. The van der Waals surface area contributed by atoms with Gasteiger partial charge in [0.15, 0.2) is 0 Å². The molecule has 2 amide bonds. The van der Waals surface area contributed by atoms with E-state index in [0.29, 0.717) is 11.6 Å². The highest BCUT2D eigenvalue weighted by molar-refractivity contribution is 6.31. The zero-order valence-corrected chi connectivity index (χ0v) is 16.8. The highest BCUT2D eigenvalue weighted by Crippen LogP contribution is 2.29. The van der Waals surface area contributed by atoms with Gasteiger partial charge in [0.1, 0.15) is 0 Å². The minimum atomic E-state index is 0.0481. The van der Waals surface area contributed by atoms with Gasteiger partial charge in [0, 0.05) is 42.2 Å². The normalized spacial score (nSPS) is 23.2. The van der Waals surface area contributed by atoms with Crippen molar-refractivity contribution in [2.24, 2.45) is 11.7 Å². The monoisotopic (exact) mass is 391 g/mol. The van der Waals surface area contributed by atoms with Crippen LogP contribution in [0.15, 0.2) is 18.2 Å². The van der Waals surface area contributed by atoms with Gasteiger partial charge in [-0.15, -0.1) is 0 Å². The molecule has 0 saturated heterocycles. The Hall–Kier alpha value is -1.59. The van der Waals surface area contributed by atoms with E-state index in [0.717, 1.165) is 62.6 Å². The fourth-order valence-corrected chi connectivity index (χ4v) is 4.48. The van der Waals surface area contributed by atoms with E-state index in [-0.39, 0.29) is 29.8 Å². The molecule has 2 aliphatic rings. The quantitative estimate of drug-likeness (QED) is 0.793. The van der Waals surface area contributed by atoms with E-state index in [2.05, 4.69) is 5.32 Å². The van der Waals surface area contributed by atoms with E-state index in [4.69, 9.17) is 17.3 Å². The average molecular weight is 392 g/mol. The Balaban J connectivity index is 1.70. The van der Waals surface area contributed by atoms with E-state index < -0.39 is 0 Å². The van der Waals surface area contributed by atoms with Crippen molar-refractivity contribution in [2.45, 2.75) is 76.9 Å². The van der Waals surface area contributed by atoms with Crippen molar-refractivity contribution in [3.63, 3.8) is 0 Å². The van der Waals surface area contributed by atoms with Crippen LogP contribution in [0.5, 0.6) is 0 Å². The maximum Gasteiger partial charge on any atom is 0.227 e. The number of rotatable bonds is 5. The van der Waals surface area contributed by atoms with Gasteiger partial charge in [-0.25, -0.2) is 0 Å². The van der Waals surface area contributed by atoms with Crippen LogP contribution in [0.2, 0.25) is 5.02 Å². The second kappa shape index (κ2) is 9.07. The zero-order valence-electron chi connectivity index (χ0n) is 16.0. The summed E-state index contributed by atoms with van der Waals surface area (Å²) in [7, 11) is 0. The van der Waals surface area contributed by atoms with Gasteiger partial charge in [0.25, 0.3) is 0 Å². The van der Waals surface area contributed by atoms with Gasteiger partial charge >= 0.3 is 0 Å². The first-order valence-corrected chi connectivity index (χ1v) is 10.4. The smallest absolute Gasteiger partial charge is 0.227 e. The number of anilines is 1. The summed E-state index contributed by atoms with van der Waals surface area (Å²) in [6, 6.07) is 5.98. The second-order valence-corrected chi connectivity index (χ2v) is 8.40. The Bertz CT molecular complexity index is 680. The number of nitrogens with zero attached hydrogens (tertiary/aromatic N) is 1. The van der Waals surface area contributed by atoms with Gasteiger partial charge in [0.2, 0.25) is 11.8 Å². The number of carbonyl (C=O) groups is 2. The molecule has 0 aromatic heterocycles. The van der Waals surface area contributed by atoms with Crippen molar-refractivity contribution in [1.29, 1.82) is 0 Å². The van der Waals surface area contributed by atoms with Crippen LogP contribution in [0.4, 0.5) is 5.69 Å². The number of benzene rings is 1. The van der Waals surface area contributed by atoms with Crippen molar-refractivity contribution in [2.75, 3.05) is 5.32 Å². The summed E-state index contributed by atoms with van der Waals surface area (Å²) >= 11 is 6.40. The Labute approximate surface area is 166 Å². The van der Waals surface area contributed by atoms with Crippen molar-refractivity contribution in [3.8, 4) is 0 Å². The number of hydrogen-bond acceptors (Lipinski definition) is 3. The first kappa shape index (κ1) is 20.2. The first-order valence-electron chi connectivity index (χ1n) is 10.1. The Kier molecular flexibility index (Phi) is 6.77. The maximum absolute atomic E-state index is 12.4. The molecule has 0 atom stereocenters. The predicted molar refractivity (Wildman–Crippen MR) is 108 cm³/mol. The molecule has 2 fully saturated rings. The molecular weight excluding hydrogens is 362 g/mol. The molecule has 0 bridgehead atoms. The molecular formula is C21H30ClN3O2. The van der Waals surface area contributed by atoms with Gasteiger partial charge in [-0.2, -0.15) is 0 Å². The average Bonchev–Trinajstić information content (AvgIpc) is 3.17. The van der Waals surface area contributed by atoms with Crippen molar-refractivity contribution in [3.05, 3.63) is 28.8 Å². The molecule has 0 heterocycles. The Morgan fingerprint density at radius 1 is 1.15 bits per heavy atom. The summed E-state index contributed by atoms with van der Waals surface area (Å²) in [6.07, 6.45) is 7.93. The van der Waals surface area contributed by atoms with E-state index >= 15 is 0 Å². The van der Waals surface area contributed by atoms with Gasteiger partial charge in [-0.3, -0.25) is 9.59 Å². The topological polar surface area (TPSA) is 75.4 Å². The number of amides is 2. The van der Waals surface area contributed by atoms with Gasteiger partial charge < -0.3 is 16.0 Å². The lowest BCUT2D eigenvalue weighted by atomic mass is 9.90. The van der Waals surface area contributed by atoms with Crippen LogP contribution in [0, 0.1) is 5.92 Å². The molecule has 0 spiro atoms. The third kappa shape index (κ3) is 5.23. The molecule has 148 valence electrons. The van der Waals surface area contributed by atoms with E-state index in [1.807, 2.05) is 17.0 Å². The SMILES string of the molecule is CC(=O)N(Cc1cc(NC(=O)C2CCCC2)ccc1Cl)C1CCC(N)CC1. The van der Waals surface area contributed by atoms with Crippen LogP contribution < -0.4 is 11.1 Å². The highest BCUT2D eigenvalue weighted by Gasteiger charge is 2.27. The maximum atomic E-state index is 12.4. The fraction of sp³-hybridized carbons (Fsp3) is 0.619. The molecule has 0 radical (unpaired) electrons. The molecule has 27 heavy (non-hydrogen) atoms. The van der Waals surface area contributed by atoms with E-state index in [9.17, 15) is 9.59 Å². The lowest BCUT2D eigenvalue weighted by Gasteiger charge is -2.36. The molecule has 2 aliphatic carbocycles. The summed E-state index contributed by atoms with van der Waals surface area (Å²) in [5.41, 5.74) is 7.62. The minimum absolute atomic E-state index is 0.0481. The molecule has 0 aliphatic heterocycles. The number of hydrogen-bond donors (Lipinski definition) is 2. The molecule has 5 nitrogen and oxygen atoms in total. The number of carbonyl (C=O) groups excluding carboxylic acids is 2. The van der Waals surface area contributed by atoms with Gasteiger partial charge in [0.05, 0.1) is 0 Å². The number of nitrogens with two attached hydrogens (primary N) is 1. The fourth-order valence-electron chi connectivity index (χ4n) is 4.30. The summed E-state index contributed by atoms with van der Waals surface area (Å²) < 4.78 is 0. The van der Waals surface area contributed by atoms with Crippen LogP contribution in [0.1, 0.15) is 63.9 Å². The van der Waals surface area contributed by atoms with Gasteiger partial charge in [-0.1, -0.05) is 24.4 Å². The van der Waals surface area contributed by atoms with Crippen molar-refractivity contribution < 1.29 is 9.59 Å². The third-order valence-corrected chi connectivity index (χ3v) is 6.34. The molecule has 3 N–H and O–H groups in total. The molecule has 6 heteroatoms. The van der Waals surface area contributed by atoms with Gasteiger partial charge in [-0.05, 0) is 62.3 Å². The molecule has 3 rings (SSSR count). The second-order valence-electron chi connectivity index (χ2n) is 7.99. The Morgan fingerprint density at radius 3 is 2.44 bits per heavy atom. The highest BCUT2D eigenvalue weighted by atomic mass is 35.5. The third-order valence-electron chi connectivity index (χ3n) is 5.97. The zero-order chi connectivity index (χ0) is 19.4. The molecule has 0 unspecified atom stereocenters. The van der Waals surface area contributed by atoms with Crippen molar-refractivity contribution in [1.82, 2.24) is 4.90 Å². The number of halogens is 1.